The van der Waals surface area contributed by atoms with Crippen LogP contribution in [0.4, 0.5) is 0 Å². The molecule has 0 radical (unpaired) electrons. The predicted molar refractivity (Wildman–Crippen MR) is 226 cm³/mol. The molecule has 0 saturated carbocycles. The zero-order valence-corrected chi connectivity index (χ0v) is 29.6. The molecule has 3 aromatic heterocycles. The first-order valence-electron chi connectivity index (χ1n) is 18.5. The van der Waals surface area contributed by atoms with Gasteiger partial charge in [-0.15, -0.1) is 0 Å². The lowest BCUT2D eigenvalue weighted by Crippen LogP contribution is -1.97. The van der Waals surface area contributed by atoms with Crippen molar-refractivity contribution in [2.24, 2.45) is 0 Å². The van der Waals surface area contributed by atoms with Crippen LogP contribution in [0.5, 0.6) is 0 Å². The summed E-state index contributed by atoms with van der Waals surface area (Å²) in [5.74, 6) is 1.57. The van der Waals surface area contributed by atoms with Gasteiger partial charge >= 0.3 is 0 Å². The van der Waals surface area contributed by atoms with Crippen LogP contribution in [0.2, 0.25) is 0 Å². The van der Waals surface area contributed by atoms with Crippen molar-refractivity contribution in [1.29, 1.82) is 0 Å². The van der Waals surface area contributed by atoms with Crippen molar-refractivity contribution in [1.82, 2.24) is 24.5 Å². The molecule has 5 nitrogen and oxygen atoms in total. The Balaban J connectivity index is 1.12. The number of rotatable bonds is 5. The number of fused-ring (bicyclic) bond motifs is 7. The van der Waals surface area contributed by atoms with E-state index >= 15 is 0 Å². The van der Waals surface area contributed by atoms with E-state index < -0.39 is 0 Å². The summed E-state index contributed by atoms with van der Waals surface area (Å²) < 4.78 is 2.26. The van der Waals surface area contributed by atoms with Gasteiger partial charge < -0.3 is 0 Å². The molecule has 0 aliphatic heterocycles. The number of para-hydroxylation sites is 3. The van der Waals surface area contributed by atoms with Crippen LogP contribution in [-0.2, 0) is 0 Å². The standard InChI is InChI=1S/C50H31N5/c1-3-15-35(16-4-1)50-54-48-44(55(50)36-18-5-2-6-19-36)31-30-39-38-21-9-11-24-42(38)51-46(45(39)48)33-26-28-34(29-27-33)49-52-43-25-12-10-22-41(43)47(53-49)40-23-13-17-32-14-7-8-20-37(32)40/h1-31H. The Morgan fingerprint density at radius 1 is 0.364 bits per heavy atom. The van der Waals surface area contributed by atoms with Crippen LogP contribution >= 0.6 is 0 Å². The Labute approximate surface area is 316 Å². The molecule has 0 amide bonds. The number of benzene rings is 8. The average Bonchev–Trinajstić information content (AvgIpc) is 3.66. The third kappa shape index (κ3) is 5.09. The monoisotopic (exact) mass is 701 g/mol. The molecule has 55 heavy (non-hydrogen) atoms. The quantitative estimate of drug-likeness (QED) is 0.168. The normalized spacial score (nSPS) is 11.6. The average molecular weight is 702 g/mol. The van der Waals surface area contributed by atoms with E-state index in [1.54, 1.807) is 0 Å². The third-order valence-electron chi connectivity index (χ3n) is 10.6. The van der Waals surface area contributed by atoms with Crippen molar-refractivity contribution in [3.63, 3.8) is 0 Å². The smallest absolute Gasteiger partial charge is 0.160 e. The highest BCUT2D eigenvalue weighted by molar-refractivity contribution is 6.20. The molecule has 0 aliphatic rings. The van der Waals surface area contributed by atoms with Gasteiger partial charge in [-0.25, -0.2) is 19.9 Å². The molecule has 3 heterocycles. The van der Waals surface area contributed by atoms with Crippen molar-refractivity contribution in [3.05, 3.63) is 188 Å². The number of pyridine rings is 1. The molecular formula is C50H31N5. The van der Waals surface area contributed by atoms with E-state index in [4.69, 9.17) is 19.9 Å². The summed E-state index contributed by atoms with van der Waals surface area (Å²) >= 11 is 0. The summed E-state index contributed by atoms with van der Waals surface area (Å²) in [6.07, 6.45) is 0. The van der Waals surface area contributed by atoms with Crippen molar-refractivity contribution in [3.8, 4) is 51.0 Å². The molecule has 5 heteroatoms. The first kappa shape index (κ1) is 31.1. The molecule has 11 rings (SSSR count). The molecule has 0 aliphatic carbocycles. The summed E-state index contributed by atoms with van der Waals surface area (Å²) in [5.41, 5.74) is 10.7. The molecule has 0 bridgehead atoms. The van der Waals surface area contributed by atoms with E-state index in [0.717, 1.165) is 88.8 Å². The Morgan fingerprint density at radius 3 is 1.80 bits per heavy atom. The number of nitrogens with zero attached hydrogens (tertiary/aromatic N) is 5. The fraction of sp³-hybridized carbons (Fsp3) is 0. The van der Waals surface area contributed by atoms with Crippen LogP contribution in [0.1, 0.15) is 0 Å². The Bertz CT molecular complexity index is 3240. The number of imidazole rings is 1. The number of aromatic nitrogens is 5. The second-order valence-electron chi connectivity index (χ2n) is 13.8. The van der Waals surface area contributed by atoms with Gasteiger partial charge in [-0.1, -0.05) is 158 Å². The lowest BCUT2D eigenvalue weighted by molar-refractivity contribution is 1.10. The van der Waals surface area contributed by atoms with Crippen LogP contribution in [0.15, 0.2) is 188 Å². The summed E-state index contributed by atoms with van der Waals surface area (Å²) in [7, 11) is 0. The fourth-order valence-corrected chi connectivity index (χ4v) is 8.03. The van der Waals surface area contributed by atoms with Crippen molar-refractivity contribution in [2.45, 2.75) is 0 Å². The van der Waals surface area contributed by atoms with E-state index in [-0.39, 0.29) is 0 Å². The number of hydrogen-bond donors (Lipinski definition) is 0. The summed E-state index contributed by atoms with van der Waals surface area (Å²) in [6, 6.07) is 65.4. The molecule has 0 unspecified atom stereocenters. The van der Waals surface area contributed by atoms with E-state index in [1.165, 1.54) is 10.8 Å². The van der Waals surface area contributed by atoms with Crippen LogP contribution in [-0.4, -0.2) is 24.5 Å². The van der Waals surface area contributed by atoms with Gasteiger partial charge in [-0.05, 0) is 46.5 Å². The van der Waals surface area contributed by atoms with Gasteiger partial charge in [0.1, 0.15) is 5.82 Å². The summed E-state index contributed by atoms with van der Waals surface area (Å²) in [5, 5.41) is 6.62. The van der Waals surface area contributed by atoms with E-state index in [9.17, 15) is 0 Å². The first-order valence-corrected chi connectivity index (χ1v) is 18.5. The number of hydrogen-bond acceptors (Lipinski definition) is 4. The minimum atomic E-state index is 0.681. The molecule has 11 aromatic rings. The van der Waals surface area contributed by atoms with Crippen LogP contribution in [0.3, 0.4) is 0 Å². The van der Waals surface area contributed by atoms with Crippen LogP contribution in [0, 0.1) is 0 Å². The maximum absolute atomic E-state index is 5.44. The molecule has 0 saturated heterocycles. The fourth-order valence-electron chi connectivity index (χ4n) is 8.03. The molecule has 0 fully saturated rings. The molecule has 0 atom stereocenters. The molecule has 0 spiro atoms. The van der Waals surface area contributed by atoms with Crippen LogP contribution in [0.25, 0.3) is 105 Å². The minimum absolute atomic E-state index is 0.681. The zero-order valence-electron chi connectivity index (χ0n) is 29.6. The maximum Gasteiger partial charge on any atom is 0.160 e. The van der Waals surface area contributed by atoms with Crippen molar-refractivity contribution >= 4 is 54.4 Å². The Morgan fingerprint density at radius 2 is 1.00 bits per heavy atom. The summed E-state index contributed by atoms with van der Waals surface area (Å²) in [4.78, 5) is 21.1. The second-order valence-corrected chi connectivity index (χ2v) is 13.8. The molecule has 0 N–H and O–H groups in total. The molecular weight excluding hydrogens is 671 g/mol. The van der Waals surface area contributed by atoms with E-state index in [2.05, 4.69) is 174 Å². The highest BCUT2D eigenvalue weighted by atomic mass is 15.1. The van der Waals surface area contributed by atoms with Crippen LogP contribution < -0.4 is 0 Å². The van der Waals surface area contributed by atoms with Gasteiger partial charge in [-0.3, -0.25) is 4.57 Å². The Hall–Kier alpha value is -7.50. The largest absolute Gasteiger partial charge is 0.292 e. The minimum Gasteiger partial charge on any atom is -0.292 e. The lowest BCUT2D eigenvalue weighted by atomic mass is 9.97. The molecule has 256 valence electrons. The van der Waals surface area contributed by atoms with E-state index in [0.29, 0.717) is 5.82 Å². The second kappa shape index (κ2) is 12.6. The highest BCUT2D eigenvalue weighted by Gasteiger charge is 2.21. The summed E-state index contributed by atoms with van der Waals surface area (Å²) in [6.45, 7) is 0. The van der Waals surface area contributed by atoms with Crippen molar-refractivity contribution < 1.29 is 0 Å². The van der Waals surface area contributed by atoms with Gasteiger partial charge in [0.25, 0.3) is 0 Å². The maximum atomic E-state index is 5.44. The zero-order chi connectivity index (χ0) is 36.3. The van der Waals surface area contributed by atoms with Gasteiger partial charge in [0, 0.05) is 44.1 Å². The van der Waals surface area contributed by atoms with Gasteiger partial charge in [0.05, 0.1) is 33.5 Å². The third-order valence-corrected chi connectivity index (χ3v) is 10.6. The predicted octanol–water partition coefficient (Wildman–Crippen LogP) is 12.5. The lowest BCUT2D eigenvalue weighted by Gasteiger charge is -2.13. The SMILES string of the molecule is c1ccc(-c2nc3c4c(-c5ccc(-c6nc(-c7cccc8ccccc78)c7ccccc7n6)cc5)nc5ccccc5c4ccc3n2-c2ccccc2)cc1. The molecule has 8 aromatic carbocycles. The Kier molecular flexibility index (Phi) is 7.10. The van der Waals surface area contributed by atoms with Gasteiger partial charge in [0.15, 0.2) is 5.82 Å². The van der Waals surface area contributed by atoms with Crippen molar-refractivity contribution in [2.75, 3.05) is 0 Å². The van der Waals surface area contributed by atoms with E-state index in [1.807, 2.05) is 18.2 Å². The first-order chi connectivity index (χ1) is 27.3. The highest BCUT2D eigenvalue weighted by Crippen LogP contribution is 2.40. The topological polar surface area (TPSA) is 56.5 Å². The van der Waals surface area contributed by atoms with Gasteiger partial charge in [-0.2, -0.15) is 0 Å². The van der Waals surface area contributed by atoms with Gasteiger partial charge in [0.2, 0.25) is 0 Å².